The van der Waals surface area contributed by atoms with E-state index in [1.165, 1.54) is 0 Å². The van der Waals surface area contributed by atoms with Crippen molar-refractivity contribution in [2.75, 3.05) is 20.6 Å². The fourth-order valence-electron chi connectivity index (χ4n) is 1.08. The normalized spacial score (nSPS) is 12.1. The van der Waals surface area contributed by atoms with Crippen molar-refractivity contribution in [2.45, 2.75) is 26.3 Å². The molecule has 0 aliphatic rings. The molecule has 0 saturated carbocycles. The van der Waals surface area contributed by atoms with Gasteiger partial charge in [0, 0.05) is 6.54 Å². The third-order valence-corrected chi connectivity index (χ3v) is 1.66. The first-order chi connectivity index (χ1) is 5.13. The molecule has 0 aliphatic heterocycles. The van der Waals surface area contributed by atoms with Crippen molar-refractivity contribution in [1.29, 1.82) is 0 Å². The van der Waals surface area contributed by atoms with Crippen molar-refractivity contribution in [3.8, 4) is 0 Å². The summed E-state index contributed by atoms with van der Waals surface area (Å²) in [6.45, 7) is 4.66. The summed E-state index contributed by atoms with van der Waals surface area (Å²) < 4.78 is 0. The molecule has 1 N–H and O–H groups in total. The van der Waals surface area contributed by atoms with E-state index in [-0.39, 0.29) is 24.4 Å². The summed E-state index contributed by atoms with van der Waals surface area (Å²) >= 11 is 0. The lowest BCUT2D eigenvalue weighted by Crippen LogP contribution is -2.42. The first-order valence-corrected chi connectivity index (χ1v) is 4.07. The van der Waals surface area contributed by atoms with Gasteiger partial charge < -0.3 is 5.32 Å². The molecule has 0 aromatic rings. The van der Waals surface area contributed by atoms with Gasteiger partial charge in [-0.15, -0.1) is 12.4 Å². The number of rotatable bonds is 4. The molecule has 3 nitrogen and oxygen atoms in total. The Morgan fingerprint density at radius 2 is 1.92 bits per heavy atom. The van der Waals surface area contributed by atoms with Gasteiger partial charge in [-0.3, -0.25) is 9.69 Å². The van der Waals surface area contributed by atoms with Crippen molar-refractivity contribution in [3.05, 3.63) is 0 Å². The number of halogens is 1. The van der Waals surface area contributed by atoms with Crippen molar-refractivity contribution in [2.24, 2.45) is 0 Å². The number of nitrogens with one attached hydrogen (secondary N) is 1. The van der Waals surface area contributed by atoms with Crippen LogP contribution >= 0.6 is 12.4 Å². The zero-order chi connectivity index (χ0) is 8.85. The van der Waals surface area contributed by atoms with Crippen LogP contribution in [0.2, 0.25) is 0 Å². The van der Waals surface area contributed by atoms with E-state index >= 15 is 0 Å². The molecule has 0 fully saturated rings. The van der Waals surface area contributed by atoms with Gasteiger partial charge in [0.2, 0.25) is 5.91 Å². The van der Waals surface area contributed by atoms with E-state index in [9.17, 15) is 4.79 Å². The van der Waals surface area contributed by atoms with E-state index in [4.69, 9.17) is 0 Å². The average Bonchev–Trinajstić information content (AvgIpc) is 1.88. The molecule has 0 aromatic heterocycles. The molecule has 0 spiro atoms. The third-order valence-electron chi connectivity index (χ3n) is 1.66. The van der Waals surface area contributed by atoms with Crippen molar-refractivity contribution in [3.63, 3.8) is 0 Å². The van der Waals surface area contributed by atoms with Crippen molar-refractivity contribution in [1.82, 2.24) is 10.2 Å². The number of hydrogen-bond donors (Lipinski definition) is 1. The lowest BCUT2D eigenvalue weighted by atomic mass is 10.2. The van der Waals surface area contributed by atoms with Gasteiger partial charge in [-0.25, -0.2) is 0 Å². The molecule has 0 radical (unpaired) electrons. The summed E-state index contributed by atoms with van der Waals surface area (Å²) in [6, 6.07) is 0.0231. The van der Waals surface area contributed by atoms with E-state index in [1.807, 2.05) is 32.8 Å². The van der Waals surface area contributed by atoms with E-state index in [0.29, 0.717) is 6.54 Å². The Morgan fingerprint density at radius 1 is 1.42 bits per heavy atom. The summed E-state index contributed by atoms with van der Waals surface area (Å²) in [5.74, 6) is 0.125. The quantitative estimate of drug-likeness (QED) is 0.721. The fourth-order valence-corrected chi connectivity index (χ4v) is 1.08. The molecular weight excluding hydrogens is 176 g/mol. The highest BCUT2D eigenvalue weighted by atomic mass is 35.5. The molecule has 4 heteroatoms. The maximum Gasteiger partial charge on any atom is 0.237 e. The third kappa shape index (κ3) is 4.57. The zero-order valence-corrected chi connectivity index (χ0v) is 9.07. The molecule has 1 atom stereocenters. The molecule has 12 heavy (non-hydrogen) atoms. The van der Waals surface area contributed by atoms with Crippen molar-refractivity contribution >= 4 is 18.3 Å². The van der Waals surface area contributed by atoms with Gasteiger partial charge in [-0.1, -0.05) is 6.92 Å². The second-order valence-electron chi connectivity index (χ2n) is 2.78. The largest absolute Gasteiger partial charge is 0.355 e. The lowest BCUT2D eigenvalue weighted by molar-refractivity contribution is -0.125. The predicted octanol–water partition coefficient (Wildman–Crippen LogP) is 0.884. The minimum absolute atomic E-state index is 0. The van der Waals surface area contributed by atoms with E-state index in [1.54, 1.807) is 0 Å². The lowest BCUT2D eigenvalue weighted by Gasteiger charge is -2.21. The maximum absolute atomic E-state index is 11.3. The summed E-state index contributed by atoms with van der Waals surface area (Å²) in [6.07, 6.45) is 0.860. The standard InChI is InChI=1S/C8H18N2O.ClH/c1-5-7(10(3)4)8(11)9-6-2;/h7H,5-6H2,1-4H3,(H,9,11);1H. The molecule has 0 saturated heterocycles. The second kappa shape index (κ2) is 7.37. The van der Waals surface area contributed by atoms with E-state index in [2.05, 4.69) is 5.32 Å². The second-order valence-corrected chi connectivity index (χ2v) is 2.78. The highest BCUT2D eigenvalue weighted by molar-refractivity contribution is 5.85. The maximum atomic E-state index is 11.3. The van der Waals surface area contributed by atoms with Crippen LogP contribution in [0, 0.1) is 0 Å². The Hall–Kier alpha value is -0.280. The van der Waals surface area contributed by atoms with Crippen LogP contribution in [0.25, 0.3) is 0 Å². The molecule has 0 bridgehead atoms. The van der Waals surface area contributed by atoms with E-state index in [0.717, 1.165) is 6.42 Å². The molecule has 1 unspecified atom stereocenters. The fraction of sp³-hybridized carbons (Fsp3) is 0.875. The summed E-state index contributed by atoms with van der Waals surface area (Å²) in [5.41, 5.74) is 0. The molecule has 0 heterocycles. The average molecular weight is 195 g/mol. The Morgan fingerprint density at radius 3 is 2.17 bits per heavy atom. The van der Waals surface area contributed by atoms with Crippen molar-refractivity contribution < 1.29 is 4.79 Å². The van der Waals surface area contributed by atoms with Crippen LogP contribution in [0.5, 0.6) is 0 Å². The first kappa shape index (κ1) is 14.3. The Kier molecular flexibility index (Phi) is 8.76. The number of hydrogen-bond acceptors (Lipinski definition) is 2. The van der Waals surface area contributed by atoms with E-state index < -0.39 is 0 Å². The van der Waals surface area contributed by atoms with Gasteiger partial charge in [0.25, 0.3) is 0 Å². The minimum atomic E-state index is 0. The summed E-state index contributed by atoms with van der Waals surface area (Å²) in [4.78, 5) is 13.2. The zero-order valence-electron chi connectivity index (χ0n) is 8.26. The Bertz CT molecular complexity index is 128. The monoisotopic (exact) mass is 194 g/mol. The SMILES string of the molecule is CCNC(=O)C(CC)N(C)C.Cl. The van der Waals surface area contributed by atoms with Gasteiger partial charge in [0.05, 0.1) is 6.04 Å². The highest BCUT2D eigenvalue weighted by Crippen LogP contribution is 1.97. The van der Waals surface area contributed by atoms with Gasteiger partial charge in [0.1, 0.15) is 0 Å². The molecule has 0 aliphatic carbocycles. The number of carbonyl (C=O) groups excluding carboxylic acids is 1. The summed E-state index contributed by atoms with van der Waals surface area (Å²) in [7, 11) is 3.84. The first-order valence-electron chi connectivity index (χ1n) is 4.07. The van der Waals surface area contributed by atoms with Crippen LogP contribution in [-0.2, 0) is 4.79 Å². The van der Waals surface area contributed by atoms with Crippen LogP contribution in [0.3, 0.4) is 0 Å². The van der Waals surface area contributed by atoms with Crippen LogP contribution in [0.1, 0.15) is 20.3 Å². The molecule has 1 amide bonds. The number of amides is 1. The molecule has 0 rings (SSSR count). The number of nitrogens with zero attached hydrogens (tertiary/aromatic N) is 1. The number of likely N-dealkylation sites (N-methyl/N-ethyl adjacent to an activating group) is 2. The Labute approximate surface area is 80.9 Å². The topological polar surface area (TPSA) is 32.3 Å². The van der Waals surface area contributed by atoms with Gasteiger partial charge in [-0.2, -0.15) is 0 Å². The number of carbonyl (C=O) groups is 1. The van der Waals surface area contributed by atoms with Gasteiger partial charge in [-0.05, 0) is 27.4 Å². The molecule has 0 aromatic carbocycles. The van der Waals surface area contributed by atoms with Crippen LogP contribution in [0.15, 0.2) is 0 Å². The van der Waals surface area contributed by atoms with Crippen LogP contribution in [-0.4, -0.2) is 37.5 Å². The minimum Gasteiger partial charge on any atom is -0.355 e. The predicted molar refractivity (Wildman–Crippen MR) is 53.7 cm³/mol. The van der Waals surface area contributed by atoms with Gasteiger partial charge >= 0.3 is 0 Å². The van der Waals surface area contributed by atoms with Crippen LogP contribution in [0.4, 0.5) is 0 Å². The van der Waals surface area contributed by atoms with Crippen LogP contribution < -0.4 is 5.32 Å². The Balaban J connectivity index is 0. The molecular formula is C8H19ClN2O. The van der Waals surface area contributed by atoms with Gasteiger partial charge in [0.15, 0.2) is 0 Å². The highest BCUT2D eigenvalue weighted by Gasteiger charge is 2.16. The smallest absolute Gasteiger partial charge is 0.237 e. The molecule has 74 valence electrons. The summed E-state index contributed by atoms with van der Waals surface area (Å²) in [5, 5.41) is 2.80.